The Kier molecular flexibility index (Phi) is 8.13. The fourth-order valence-corrected chi connectivity index (χ4v) is 4.46. The molecule has 0 unspecified atom stereocenters. The van der Waals surface area contributed by atoms with E-state index >= 15 is 0 Å². The van der Waals surface area contributed by atoms with E-state index in [2.05, 4.69) is 10.3 Å². The molecule has 0 saturated carbocycles. The third-order valence-corrected chi connectivity index (χ3v) is 6.42. The molecule has 2 amide bonds. The molecule has 192 valence electrons. The molecule has 1 aliphatic rings. The van der Waals surface area contributed by atoms with Crippen molar-refractivity contribution in [2.45, 2.75) is 25.7 Å². The number of pyridine rings is 1. The number of hydrogen-bond acceptors (Lipinski definition) is 5. The molecule has 1 aromatic heterocycles. The number of halogens is 3. The van der Waals surface area contributed by atoms with Crippen LogP contribution in [-0.2, 0) is 14.3 Å². The number of nitrogens with one attached hydrogen (secondary N) is 1. The van der Waals surface area contributed by atoms with E-state index in [4.69, 9.17) is 16.3 Å². The Morgan fingerprint density at radius 1 is 1.08 bits per heavy atom. The number of hydrogen-bond donors (Lipinski definition) is 1. The number of ether oxygens (including phenoxy) is 1. The maximum absolute atomic E-state index is 13.6. The van der Waals surface area contributed by atoms with Crippen LogP contribution < -0.4 is 5.32 Å². The van der Waals surface area contributed by atoms with E-state index in [0.29, 0.717) is 24.2 Å². The highest BCUT2D eigenvalue weighted by Gasteiger charge is 2.26. The molecular weight excluding hydrogens is 504 g/mol. The summed E-state index contributed by atoms with van der Waals surface area (Å²) in [5.74, 6) is -3.16. The number of benzene rings is 2. The Balaban J connectivity index is 1.35. The summed E-state index contributed by atoms with van der Waals surface area (Å²) in [5.41, 5.74) is 1.99. The third kappa shape index (κ3) is 6.29. The van der Waals surface area contributed by atoms with Crippen LogP contribution in [0.4, 0.5) is 14.5 Å². The number of anilines is 1. The molecule has 0 radical (unpaired) electrons. The minimum atomic E-state index is -1.03. The van der Waals surface area contributed by atoms with Gasteiger partial charge in [0.1, 0.15) is 5.15 Å². The summed E-state index contributed by atoms with van der Waals surface area (Å²) in [6.07, 6.45) is 3.63. The van der Waals surface area contributed by atoms with Crippen molar-refractivity contribution in [3.8, 4) is 0 Å². The standard InChI is InChI=1S/C27H24ClF2N3O4/c1-2-37-25(35)8-7-24(34)31-19-5-3-16(4-6-19)17-9-11-33(12-10-17)27(36)20-13-18-14-21(29)22(30)15-23(18)32-26(20)28/h3-8,13-15,17H,2,9-12H2,1H3,(H,31,34)/b8-7+. The van der Waals surface area contributed by atoms with E-state index in [-0.39, 0.29) is 34.7 Å². The molecule has 3 aromatic rings. The third-order valence-electron chi connectivity index (χ3n) is 6.13. The Morgan fingerprint density at radius 3 is 2.43 bits per heavy atom. The van der Waals surface area contributed by atoms with E-state index in [1.165, 1.54) is 6.07 Å². The van der Waals surface area contributed by atoms with Crippen LogP contribution in [0.15, 0.2) is 54.6 Å². The first kappa shape index (κ1) is 26.2. The first-order chi connectivity index (χ1) is 17.7. The van der Waals surface area contributed by atoms with Gasteiger partial charge in [0, 0.05) is 42.4 Å². The molecule has 1 fully saturated rings. The summed E-state index contributed by atoms with van der Waals surface area (Å²) in [6.45, 7) is 2.90. The number of carbonyl (C=O) groups is 3. The number of fused-ring (bicyclic) bond motifs is 1. The second kappa shape index (κ2) is 11.5. The van der Waals surface area contributed by atoms with Crippen molar-refractivity contribution in [1.29, 1.82) is 0 Å². The average Bonchev–Trinajstić information content (AvgIpc) is 2.88. The van der Waals surface area contributed by atoms with Gasteiger partial charge in [-0.25, -0.2) is 18.6 Å². The van der Waals surface area contributed by atoms with Gasteiger partial charge >= 0.3 is 5.97 Å². The number of nitrogens with zero attached hydrogens (tertiary/aromatic N) is 2. The number of piperidine rings is 1. The van der Waals surface area contributed by atoms with E-state index in [1.54, 1.807) is 24.0 Å². The molecule has 2 heterocycles. The second-order valence-corrected chi connectivity index (χ2v) is 8.91. The maximum Gasteiger partial charge on any atom is 0.330 e. The normalized spacial score (nSPS) is 14.2. The fourth-order valence-electron chi connectivity index (χ4n) is 4.24. The van der Waals surface area contributed by atoms with Gasteiger partial charge in [-0.3, -0.25) is 9.59 Å². The van der Waals surface area contributed by atoms with E-state index in [0.717, 1.165) is 42.7 Å². The van der Waals surface area contributed by atoms with Gasteiger partial charge in [0.05, 0.1) is 17.7 Å². The maximum atomic E-state index is 13.6. The molecule has 0 spiro atoms. The van der Waals surface area contributed by atoms with E-state index < -0.39 is 23.5 Å². The number of carbonyl (C=O) groups excluding carboxylic acids is 3. The lowest BCUT2D eigenvalue weighted by atomic mass is 9.89. The van der Waals surface area contributed by atoms with Crippen LogP contribution in [0.1, 0.15) is 41.6 Å². The lowest BCUT2D eigenvalue weighted by molar-refractivity contribution is -0.137. The second-order valence-electron chi connectivity index (χ2n) is 8.55. The summed E-state index contributed by atoms with van der Waals surface area (Å²) in [4.78, 5) is 42.1. The highest BCUT2D eigenvalue weighted by Crippen LogP contribution is 2.31. The fraction of sp³-hybridized carbons (Fsp3) is 0.259. The quantitative estimate of drug-likeness (QED) is 0.269. The van der Waals surface area contributed by atoms with Crippen molar-refractivity contribution in [3.63, 3.8) is 0 Å². The number of likely N-dealkylation sites (tertiary alicyclic amines) is 1. The monoisotopic (exact) mass is 527 g/mol. The van der Waals surface area contributed by atoms with Crippen LogP contribution in [-0.4, -0.2) is 47.4 Å². The van der Waals surface area contributed by atoms with Crippen LogP contribution in [0, 0.1) is 11.6 Å². The summed E-state index contributed by atoms with van der Waals surface area (Å²) in [7, 11) is 0. The van der Waals surface area contributed by atoms with Gasteiger partial charge in [-0.2, -0.15) is 0 Å². The molecule has 4 rings (SSSR count). The zero-order valence-electron chi connectivity index (χ0n) is 20.0. The van der Waals surface area contributed by atoms with Gasteiger partial charge in [0.15, 0.2) is 11.6 Å². The van der Waals surface area contributed by atoms with Crippen molar-refractivity contribution in [1.82, 2.24) is 9.88 Å². The number of amides is 2. The molecule has 7 nitrogen and oxygen atoms in total. The number of esters is 1. The SMILES string of the molecule is CCOC(=O)/C=C/C(=O)Nc1ccc(C2CCN(C(=O)c3cc4cc(F)c(F)cc4nc3Cl)CC2)cc1. The van der Waals surface area contributed by atoms with Crippen molar-refractivity contribution in [2.75, 3.05) is 25.0 Å². The van der Waals surface area contributed by atoms with Crippen LogP contribution in [0.5, 0.6) is 0 Å². The van der Waals surface area contributed by atoms with Gasteiger partial charge in [-0.15, -0.1) is 0 Å². The highest BCUT2D eigenvalue weighted by atomic mass is 35.5. The summed E-state index contributed by atoms with van der Waals surface area (Å²) in [6, 6.07) is 10.8. The zero-order chi connectivity index (χ0) is 26.5. The molecule has 1 N–H and O–H groups in total. The van der Waals surface area contributed by atoms with Crippen molar-refractivity contribution in [3.05, 3.63) is 82.5 Å². The van der Waals surface area contributed by atoms with Crippen molar-refractivity contribution >= 4 is 46.0 Å². The first-order valence-electron chi connectivity index (χ1n) is 11.8. The number of aromatic nitrogens is 1. The largest absolute Gasteiger partial charge is 0.463 e. The molecule has 1 aliphatic heterocycles. The molecule has 37 heavy (non-hydrogen) atoms. The summed E-state index contributed by atoms with van der Waals surface area (Å²) in [5, 5.41) is 2.93. The predicted octanol–water partition coefficient (Wildman–Crippen LogP) is 5.24. The molecule has 10 heteroatoms. The predicted molar refractivity (Wildman–Crippen MR) is 135 cm³/mol. The minimum absolute atomic E-state index is 0.0552. The van der Waals surface area contributed by atoms with Gasteiger partial charge < -0.3 is 15.0 Å². The highest BCUT2D eigenvalue weighted by molar-refractivity contribution is 6.33. The smallest absolute Gasteiger partial charge is 0.330 e. The molecule has 0 bridgehead atoms. The molecule has 0 atom stereocenters. The van der Waals surface area contributed by atoms with Crippen LogP contribution in [0.2, 0.25) is 5.15 Å². The van der Waals surface area contributed by atoms with Crippen LogP contribution in [0.25, 0.3) is 10.9 Å². The van der Waals surface area contributed by atoms with Crippen molar-refractivity contribution < 1.29 is 27.9 Å². The number of rotatable bonds is 6. The average molecular weight is 528 g/mol. The minimum Gasteiger partial charge on any atom is -0.463 e. The lowest BCUT2D eigenvalue weighted by Gasteiger charge is -2.32. The van der Waals surface area contributed by atoms with E-state index in [1.807, 2.05) is 12.1 Å². The van der Waals surface area contributed by atoms with Crippen molar-refractivity contribution in [2.24, 2.45) is 0 Å². The molecular formula is C27H24ClF2N3O4. The van der Waals surface area contributed by atoms with Gasteiger partial charge in [-0.05, 0) is 55.5 Å². The topological polar surface area (TPSA) is 88.6 Å². The van der Waals surface area contributed by atoms with Gasteiger partial charge in [0.25, 0.3) is 5.91 Å². The summed E-state index contributed by atoms with van der Waals surface area (Å²) < 4.78 is 31.9. The Bertz CT molecular complexity index is 1370. The lowest BCUT2D eigenvalue weighted by Crippen LogP contribution is -2.38. The molecule has 1 saturated heterocycles. The van der Waals surface area contributed by atoms with Crippen LogP contribution >= 0.6 is 11.6 Å². The Labute approximate surface area is 217 Å². The molecule has 2 aromatic carbocycles. The molecule has 0 aliphatic carbocycles. The summed E-state index contributed by atoms with van der Waals surface area (Å²) >= 11 is 6.20. The Morgan fingerprint density at radius 2 is 1.76 bits per heavy atom. The van der Waals surface area contributed by atoms with Gasteiger partial charge in [0.2, 0.25) is 5.91 Å². The Hall–Kier alpha value is -3.85. The van der Waals surface area contributed by atoms with Gasteiger partial charge in [-0.1, -0.05) is 23.7 Å². The zero-order valence-corrected chi connectivity index (χ0v) is 20.7. The van der Waals surface area contributed by atoms with E-state index in [9.17, 15) is 23.2 Å². The van der Waals surface area contributed by atoms with Crippen LogP contribution in [0.3, 0.4) is 0 Å². The first-order valence-corrected chi connectivity index (χ1v) is 12.1.